The fourth-order valence-corrected chi connectivity index (χ4v) is 1.93. The van der Waals surface area contributed by atoms with Gasteiger partial charge in [0.25, 0.3) is 0 Å². The van der Waals surface area contributed by atoms with Gasteiger partial charge >= 0.3 is 0 Å². The van der Waals surface area contributed by atoms with Crippen molar-refractivity contribution in [2.45, 2.75) is 24.3 Å². The van der Waals surface area contributed by atoms with Crippen molar-refractivity contribution in [3.8, 4) is 0 Å². The zero-order valence-corrected chi connectivity index (χ0v) is 7.60. The minimum absolute atomic E-state index is 0.112. The summed E-state index contributed by atoms with van der Waals surface area (Å²) in [5.41, 5.74) is 0. The summed E-state index contributed by atoms with van der Waals surface area (Å²) in [7, 11) is 3.09. The minimum atomic E-state index is 0.112. The maximum Gasteiger partial charge on any atom is 0.0668 e. The number of hydrogen-bond donors (Lipinski definition) is 2. The second-order valence-electron chi connectivity index (χ2n) is 1.77. The molecule has 4 heteroatoms. The molecule has 0 aromatic carbocycles. The van der Waals surface area contributed by atoms with Crippen molar-refractivity contribution in [1.29, 1.82) is 10.8 Å². The lowest BCUT2D eigenvalue weighted by Gasteiger charge is -2.04. The van der Waals surface area contributed by atoms with E-state index in [-0.39, 0.29) is 10.5 Å². The van der Waals surface area contributed by atoms with Crippen LogP contribution in [0.5, 0.6) is 0 Å². The first-order valence-electron chi connectivity index (χ1n) is 2.87. The summed E-state index contributed by atoms with van der Waals surface area (Å²) in [6.07, 6.45) is 4.69. The van der Waals surface area contributed by atoms with E-state index in [2.05, 4.69) is 12.4 Å². The van der Waals surface area contributed by atoms with Crippen LogP contribution in [0, 0.1) is 10.8 Å². The average molecular weight is 174 g/mol. The van der Waals surface area contributed by atoms with Crippen molar-refractivity contribution in [1.82, 2.24) is 0 Å². The van der Waals surface area contributed by atoms with Crippen LogP contribution in [0.2, 0.25) is 0 Å². The third kappa shape index (κ3) is 4.88. The molecular formula is C6H10N2S2. The molecule has 0 fully saturated rings. The molecule has 0 aliphatic rings. The SMILES string of the molecule is CC([C]=N)SSC(C)[C]=N. The van der Waals surface area contributed by atoms with Crippen molar-refractivity contribution in [3.05, 3.63) is 0 Å². The van der Waals surface area contributed by atoms with Crippen LogP contribution < -0.4 is 0 Å². The second-order valence-corrected chi connectivity index (χ2v) is 4.72. The Morgan fingerprint density at radius 2 is 1.30 bits per heavy atom. The third-order valence-electron chi connectivity index (χ3n) is 0.751. The van der Waals surface area contributed by atoms with E-state index in [4.69, 9.17) is 10.8 Å². The second kappa shape index (κ2) is 5.80. The molecule has 0 spiro atoms. The molecule has 0 rings (SSSR count). The first-order valence-corrected chi connectivity index (χ1v) is 5.15. The fraction of sp³-hybridized carbons (Fsp3) is 0.667. The molecule has 2 nitrogen and oxygen atoms in total. The summed E-state index contributed by atoms with van der Waals surface area (Å²) in [5, 5.41) is 13.7. The molecule has 0 bridgehead atoms. The Balaban J connectivity index is 3.34. The Morgan fingerprint density at radius 3 is 1.50 bits per heavy atom. The van der Waals surface area contributed by atoms with Crippen LogP contribution in [-0.4, -0.2) is 22.9 Å². The molecule has 2 atom stereocenters. The largest absolute Gasteiger partial charge is 0.302 e. The molecule has 2 unspecified atom stereocenters. The fourth-order valence-electron chi connectivity index (χ4n) is 0.215. The zero-order valence-electron chi connectivity index (χ0n) is 5.97. The van der Waals surface area contributed by atoms with Crippen LogP contribution in [0.4, 0.5) is 0 Å². The van der Waals surface area contributed by atoms with Gasteiger partial charge in [-0.3, -0.25) is 0 Å². The van der Waals surface area contributed by atoms with Gasteiger partial charge in [0.2, 0.25) is 0 Å². The van der Waals surface area contributed by atoms with Crippen molar-refractivity contribution in [2.75, 3.05) is 0 Å². The molecule has 2 radical (unpaired) electrons. The highest BCUT2D eigenvalue weighted by Crippen LogP contribution is 2.28. The third-order valence-corrected chi connectivity index (χ3v) is 3.74. The van der Waals surface area contributed by atoms with Gasteiger partial charge in [-0.05, 0) is 13.8 Å². The van der Waals surface area contributed by atoms with Crippen LogP contribution in [0.1, 0.15) is 13.8 Å². The lowest BCUT2D eigenvalue weighted by Crippen LogP contribution is -1.98. The molecule has 0 aliphatic heterocycles. The van der Waals surface area contributed by atoms with E-state index in [1.807, 2.05) is 13.8 Å². The van der Waals surface area contributed by atoms with E-state index < -0.39 is 0 Å². The van der Waals surface area contributed by atoms with Gasteiger partial charge in [0.15, 0.2) is 0 Å². The van der Waals surface area contributed by atoms with Gasteiger partial charge in [0.05, 0.1) is 22.9 Å². The summed E-state index contributed by atoms with van der Waals surface area (Å²) in [5.74, 6) is 0. The van der Waals surface area contributed by atoms with E-state index in [9.17, 15) is 0 Å². The van der Waals surface area contributed by atoms with Crippen LogP contribution in [0.25, 0.3) is 0 Å². The van der Waals surface area contributed by atoms with E-state index in [0.29, 0.717) is 0 Å². The average Bonchev–Trinajstić information content (AvgIpc) is 1.99. The highest BCUT2D eigenvalue weighted by molar-refractivity contribution is 8.77. The molecule has 0 aromatic rings. The van der Waals surface area contributed by atoms with E-state index in [1.165, 1.54) is 0 Å². The summed E-state index contributed by atoms with van der Waals surface area (Å²) in [6, 6.07) is 0. The Labute approximate surface area is 69.6 Å². The highest BCUT2D eigenvalue weighted by atomic mass is 33.1. The molecule has 0 aliphatic carbocycles. The predicted molar refractivity (Wildman–Crippen MR) is 49.6 cm³/mol. The molecule has 10 heavy (non-hydrogen) atoms. The van der Waals surface area contributed by atoms with Crippen LogP contribution >= 0.6 is 21.6 Å². The lowest BCUT2D eigenvalue weighted by atomic mass is 10.5. The minimum Gasteiger partial charge on any atom is -0.302 e. The van der Waals surface area contributed by atoms with E-state index in [1.54, 1.807) is 21.6 Å². The summed E-state index contributed by atoms with van der Waals surface area (Å²) in [6.45, 7) is 3.81. The van der Waals surface area contributed by atoms with Gasteiger partial charge in [-0.2, -0.15) is 0 Å². The molecule has 0 aromatic heterocycles. The van der Waals surface area contributed by atoms with Gasteiger partial charge in [0.1, 0.15) is 0 Å². The van der Waals surface area contributed by atoms with Crippen molar-refractivity contribution >= 4 is 34.0 Å². The van der Waals surface area contributed by atoms with Crippen molar-refractivity contribution < 1.29 is 0 Å². The monoisotopic (exact) mass is 174 g/mol. The number of hydrogen-bond acceptors (Lipinski definition) is 4. The Hall–Kier alpha value is 0.0400. The maximum absolute atomic E-state index is 6.76. The quantitative estimate of drug-likeness (QED) is 0.496. The molecular weight excluding hydrogens is 164 g/mol. The van der Waals surface area contributed by atoms with Gasteiger partial charge in [-0.25, -0.2) is 0 Å². The van der Waals surface area contributed by atoms with Gasteiger partial charge in [0, 0.05) is 0 Å². The molecule has 0 amide bonds. The zero-order chi connectivity index (χ0) is 7.98. The van der Waals surface area contributed by atoms with Gasteiger partial charge in [-0.15, -0.1) is 0 Å². The number of rotatable bonds is 5. The standard InChI is InChI=1S/C6H10N2S2/c1-5(3-7)9-10-6(2)4-8/h5-8H,1-2H3. The molecule has 0 saturated carbocycles. The first-order chi connectivity index (χ1) is 4.70. The summed E-state index contributed by atoms with van der Waals surface area (Å²) < 4.78 is 0. The van der Waals surface area contributed by atoms with Crippen LogP contribution in [0.3, 0.4) is 0 Å². The molecule has 0 heterocycles. The topological polar surface area (TPSA) is 47.7 Å². The molecule has 2 N–H and O–H groups in total. The van der Waals surface area contributed by atoms with Gasteiger partial charge in [-0.1, -0.05) is 21.6 Å². The Morgan fingerprint density at radius 1 is 1.00 bits per heavy atom. The lowest BCUT2D eigenvalue weighted by molar-refractivity contribution is 1.31. The normalized spacial score (nSPS) is 15.8. The van der Waals surface area contributed by atoms with Gasteiger partial charge < -0.3 is 10.8 Å². The molecule has 56 valence electrons. The van der Waals surface area contributed by atoms with Crippen LogP contribution in [0.15, 0.2) is 0 Å². The summed E-state index contributed by atoms with van der Waals surface area (Å²) >= 11 is 0. The van der Waals surface area contributed by atoms with E-state index in [0.717, 1.165) is 0 Å². The maximum atomic E-state index is 6.76. The Bertz CT molecular complexity index is 102. The number of nitrogens with one attached hydrogen (secondary N) is 2. The van der Waals surface area contributed by atoms with Crippen molar-refractivity contribution in [3.63, 3.8) is 0 Å². The molecule has 0 saturated heterocycles. The first kappa shape index (κ1) is 10.0. The summed E-state index contributed by atoms with van der Waals surface area (Å²) in [4.78, 5) is 0. The highest BCUT2D eigenvalue weighted by Gasteiger charge is 2.03. The smallest absolute Gasteiger partial charge is 0.0668 e. The van der Waals surface area contributed by atoms with E-state index >= 15 is 0 Å². The van der Waals surface area contributed by atoms with Crippen LogP contribution in [-0.2, 0) is 0 Å². The predicted octanol–water partition coefficient (Wildman–Crippen LogP) is 2.20. The van der Waals surface area contributed by atoms with Crippen molar-refractivity contribution in [2.24, 2.45) is 0 Å². The Kier molecular flexibility index (Phi) is 5.82.